The smallest absolute Gasteiger partial charge is 0.259 e. The number of benzene rings is 2. The Morgan fingerprint density at radius 1 is 1.06 bits per heavy atom. The molecule has 0 N–H and O–H groups in total. The number of aromatic nitrogens is 1. The number of ether oxygens (including phenoxy) is 1. The molecule has 1 spiro atoms. The average molecular weight is 437 g/mol. The van der Waals surface area contributed by atoms with Crippen molar-refractivity contribution in [3.63, 3.8) is 0 Å². The van der Waals surface area contributed by atoms with Crippen LogP contribution in [0.1, 0.15) is 45.7 Å². The summed E-state index contributed by atoms with van der Waals surface area (Å²) >= 11 is 6.33. The second kappa shape index (κ2) is 7.54. The van der Waals surface area contributed by atoms with E-state index < -0.39 is 5.60 Å². The van der Waals surface area contributed by atoms with E-state index in [9.17, 15) is 9.59 Å². The van der Waals surface area contributed by atoms with Gasteiger partial charge in [-0.05, 0) is 25.1 Å². The maximum atomic E-state index is 13.4. The van der Waals surface area contributed by atoms with E-state index >= 15 is 0 Å². The highest BCUT2D eigenvalue weighted by molar-refractivity contribution is 6.33. The summed E-state index contributed by atoms with van der Waals surface area (Å²) in [6, 6.07) is 14.6. The third-order valence-electron chi connectivity index (χ3n) is 6.16. The Balaban J connectivity index is 1.37. The molecule has 7 heteroatoms. The second-order valence-electron chi connectivity index (χ2n) is 8.12. The Kier molecular flexibility index (Phi) is 4.82. The normalized spacial score (nSPS) is 17.4. The first-order valence-electron chi connectivity index (χ1n) is 10.3. The first-order valence-corrected chi connectivity index (χ1v) is 10.7. The van der Waals surface area contributed by atoms with E-state index in [1.165, 1.54) is 0 Å². The van der Waals surface area contributed by atoms with Gasteiger partial charge < -0.3 is 14.2 Å². The largest absolute Gasteiger partial charge is 0.486 e. The number of piperidine rings is 1. The lowest BCUT2D eigenvalue weighted by Gasteiger charge is -2.43. The molecular formula is C24H21ClN2O4. The van der Waals surface area contributed by atoms with Crippen molar-refractivity contribution in [1.82, 2.24) is 10.1 Å². The van der Waals surface area contributed by atoms with Crippen molar-refractivity contribution < 1.29 is 18.8 Å². The number of rotatable bonds is 2. The van der Waals surface area contributed by atoms with Crippen molar-refractivity contribution in [2.24, 2.45) is 0 Å². The number of likely N-dealkylation sites (tertiary alicyclic amines) is 1. The zero-order chi connectivity index (χ0) is 21.6. The van der Waals surface area contributed by atoms with Crippen molar-refractivity contribution in [3.8, 4) is 17.0 Å². The van der Waals surface area contributed by atoms with Gasteiger partial charge in [-0.2, -0.15) is 0 Å². The number of aryl methyl sites for hydroxylation is 1. The quantitative estimate of drug-likeness (QED) is 0.568. The fourth-order valence-corrected chi connectivity index (χ4v) is 4.68. The number of carbonyl (C=O) groups excluding carboxylic acids is 2. The number of ketones is 1. The molecule has 0 atom stereocenters. The predicted octanol–water partition coefficient (Wildman–Crippen LogP) is 4.94. The summed E-state index contributed by atoms with van der Waals surface area (Å²) in [5, 5.41) is 4.61. The molecule has 0 bridgehead atoms. The van der Waals surface area contributed by atoms with Crippen molar-refractivity contribution in [2.75, 3.05) is 13.1 Å². The Bertz CT molecular complexity index is 1180. The van der Waals surface area contributed by atoms with Crippen LogP contribution < -0.4 is 4.74 Å². The van der Waals surface area contributed by atoms with Crippen LogP contribution in [0.15, 0.2) is 53.1 Å². The van der Waals surface area contributed by atoms with Gasteiger partial charge in [-0.15, -0.1) is 0 Å². The van der Waals surface area contributed by atoms with Gasteiger partial charge in [-0.3, -0.25) is 9.59 Å². The van der Waals surface area contributed by atoms with Crippen LogP contribution in [-0.4, -0.2) is 40.4 Å². The molecule has 0 aliphatic carbocycles. The Hall–Kier alpha value is -3.12. The van der Waals surface area contributed by atoms with Crippen molar-refractivity contribution in [2.45, 2.75) is 31.8 Å². The number of fused-ring (bicyclic) bond motifs is 1. The summed E-state index contributed by atoms with van der Waals surface area (Å²) in [4.78, 5) is 27.8. The topological polar surface area (TPSA) is 72.6 Å². The number of amides is 1. The fourth-order valence-electron chi connectivity index (χ4n) is 4.46. The van der Waals surface area contributed by atoms with Gasteiger partial charge in [0.25, 0.3) is 5.91 Å². The second-order valence-corrected chi connectivity index (χ2v) is 8.52. The van der Waals surface area contributed by atoms with Gasteiger partial charge >= 0.3 is 0 Å². The number of carbonyl (C=O) groups is 2. The fraction of sp³-hybridized carbons (Fsp3) is 0.292. The molecule has 2 aromatic carbocycles. The maximum absolute atomic E-state index is 13.4. The highest BCUT2D eigenvalue weighted by Gasteiger charge is 2.44. The average Bonchev–Trinajstić information content (AvgIpc) is 3.15. The molecular weight excluding hydrogens is 416 g/mol. The van der Waals surface area contributed by atoms with E-state index in [1.54, 1.807) is 24.0 Å². The van der Waals surface area contributed by atoms with E-state index in [-0.39, 0.29) is 11.7 Å². The SMILES string of the molecule is Cc1onc(-c2ccccc2Cl)c1C(=O)N1CCC2(CC1)CC(=O)c1ccccc1O2. The van der Waals surface area contributed by atoms with Crippen LogP contribution in [0, 0.1) is 6.92 Å². The lowest BCUT2D eigenvalue weighted by atomic mass is 9.82. The molecule has 5 rings (SSSR count). The molecule has 3 aromatic rings. The molecule has 0 radical (unpaired) electrons. The monoisotopic (exact) mass is 436 g/mol. The number of nitrogens with zero attached hydrogens (tertiary/aromatic N) is 2. The molecule has 0 saturated carbocycles. The first-order chi connectivity index (χ1) is 15.0. The lowest BCUT2D eigenvalue weighted by molar-refractivity contribution is -0.00571. The van der Waals surface area contributed by atoms with Crippen molar-refractivity contribution >= 4 is 23.3 Å². The molecule has 6 nitrogen and oxygen atoms in total. The van der Waals surface area contributed by atoms with E-state index in [0.717, 1.165) is 0 Å². The summed E-state index contributed by atoms with van der Waals surface area (Å²) < 4.78 is 11.6. The molecule has 3 heterocycles. The number of para-hydroxylation sites is 1. The Morgan fingerprint density at radius 3 is 2.48 bits per heavy atom. The highest BCUT2D eigenvalue weighted by atomic mass is 35.5. The van der Waals surface area contributed by atoms with Gasteiger partial charge in [-0.25, -0.2) is 0 Å². The van der Waals surface area contributed by atoms with Crippen LogP contribution in [-0.2, 0) is 0 Å². The minimum Gasteiger partial charge on any atom is -0.486 e. The van der Waals surface area contributed by atoms with E-state index in [2.05, 4.69) is 5.16 Å². The summed E-state index contributed by atoms with van der Waals surface area (Å²) in [6.45, 7) is 2.70. The molecule has 1 amide bonds. The minimum atomic E-state index is -0.558. The Labute approximate surface area is 184 Å². The van der Waals surface area contributed by atoms with E-state index in [1.807, 2.05) is 36.4 Å². The zero-order valence-electron chi connectivity index (χ0n) is 17.1. The van der Waals surface area contributed by atoms with Crippen molar-refractivity contribution in [3.05, 3.63) is 70.4 Å². The van der Waals surface area contributed by atoms with Crippen LogP contribution >= 0.6 is 11.6 Å². The molecule has 1 saturated heterocycles. The van der Waals surface area contributed by atoms with E-state index in [4.69, 9.17) is 20.9 Å². The number of hydrogen-bond acceptors (Lipinski definition) is 5. The predicted molar refractivity (Wildman–Crippen MR) is 116 cm³/mol. The van der Waals surface area contributed by atoms with Gasteiger partial charge in [0.15, 0.2) is 5.78 Å². The highest BCUT2D eigenvalue weighted by Crippen LogP contribution is 2.40. The molecule has 0 unspecified atom stereocenters. The summed E-state index contributed by atoms with van der Waals surface area (Å²) in [7, 11) is 0. The zero-order valence-corrected chi connectivity index (χ0v) is 17.8. The van der Waals surface area contributed by atoms with Gasteiger partial charge in [0.1, 0.15) is 28.4 Å². The Morgan fingerprint density at radius 2 is 1.74 bits per heavy atom. The molecule has 158 valence electrons. The first kappa shape index (κ1) is 19.8. The molecule has 1 fully saturated rings. The summed E-state index contributed by atoms with van der Waals surface area (Å²) in [6.07, 6.45) is 1.51. The molecule has 2 aliphatic rings. The number of hydrogen-bond donors (Lipinski definition) is 0. The molecule has 31 heavy (non-hydrogen) atoms. The standard InChI is InChI=1S/C24H21ClN2O4/c1-15-21(22(26-31-15)16-6-2-4-8-18(16)25)23(29)27-12-10-24(11-13-27)14-19(28)17-7-3-5-9-20(17)30-24/h2-9H,10-14H2,1H3. The van der Waals surface area contributed by atoms with Crippen molar-refractivity contribution in [1.29, 1.82) is 0 Å². The van der Waals surface area contributed by atoms with E-state index in [0.29, 0.717) is 71.3 Å². The minimum absolute atomic E-state index is 0.0949. The summed E-state index contributed by atoms with van der Waals surface area (Å²) in [5.74, 6) is 1.04. The maximum Gasteiger partial charge on any atom is 0.259 e. The molecule has 2 aliphatic heterocycles. The molecule has 1 aromatic heterocycles. The lowest BCUT2D eigenvalue weighted by Crippen LogP contribution is -2.52. The van der Waals surface area contributed by atoms with Gasteiger partial charge in [-0.1, -0.05) is 47.1 Å². The van der Waals surface area contributed by atoms with Crippen LogP contribution in [0.2, 0.25) is 5.02 Å². The van der Waals surface area contributed by atoms with Gasteiger partial charge in [0, 0.05) is 31.5 Å². The third-order valence-corrected chi connectivity index (χ3v) is 6.49. The number of Topliss-reactive ketones (excluding diaryl/α,β-unsaturated/α-hetero) is 1. The van der Waals surface area contributed by atoms with Gasteiger partial charge in [0.2, 0.25) is 0 Å². The number of halogens is 1. The van der Waals surface area contributed by atoms with Crippen LogP contribution in [0.3, 0.4) is 0 Å². The van der Waals surface area contributed by atoms with Gasteiger partial charge in [0.05, 0.1) is 17.0 Å². The third kappa shape index (κ3) is 3.41. The van der Waals surface area contributed by atoms with Crippen LogP contribution in [0.25, 0.3) is 11.3 Å². The summed E-state index contributed by atoms with van der Waals surface area (Å²) in [5.41, 5.74) is 1.62. The van der Waals surface area contributed by atoms with Crippen LogP contribution in [0.4, 0.5) is 0 Å². The van der Waals surface area contributed by atoms with Crippen LogP contribution in [0.5, 0.6) is 5.75 Å².